The van der Waals surface area contributed by atoms with Crippen molar-refractivity contribution in [2.24, 2.45) is 5.92 Å². The maximum Gasteiger partial charge on any atom is 0.274 e. The Kier molecular flexibility index (Phi) is 12.1. The molecule has 0 fully saturated rings. The van der Waals surface area contributed by atoms with E-state index in [1.165, 1.54) is 13.0 Å². The van der Waals surface area contributed by atoms with Crippen LogP contribution in [0.5, 0.6) is 0 Å². The second kappa shape index (κ2) is 16.0. The number of nitriles is 1. The highest BCUT2D eigenvalue weighted by molar-refractivity contribution is 6.06. The molecule has 0 radical (unpaired) electrons. The van der Waals surface area contributed by atoms with E-state index < -0.39 is 41.8 Å². The van der Waals surface area contributed by atoms with Crippen molar-refractivity contribution in [3.8, 4) is 6.07 Å². The van der Waals surface area contributed by atoms with E-state index in [0.717, 1.165) is 11.1 Å². The van der Waals surface area contributed by atoms with Crippen LogP contribution in [0.1, 0.15) is 53.7 Å². The largest absolute Gasteiger partial charge is 0.391 e. The molecule has 0 bridgehead atoms. The van der Waals surface area contributed by atoms with E-state index in [1.54, 1.807) is 37.3 Å². The van der Waals surface area contributed by atoms with E-state index in [0.29, 0.717) is 17.0 Å². The van der Waals surface area contributed by atoms with Crippen LogP contribution in [-0.2, 0) is 27.3 Å². The van der Waals surface area contributed by atoms with Crippen molar-refractivity contribution in [3.63, 3.8) is 0 Å². The molecule has 236 valence electrons. The van der Waals surface area contributed by atoms with Gasteiger partial charge in [-0.05, 0) is 49.9 Å². The van der Waals surface area contributed by atoms with Crippen molar-refractivity contribution in [1.82, 2.24) is 21.1 Å². The molecule has 0 aliphatic heterocycles. The van der Waals surface area contributed by atoms with Gasteiger partial charge in [-0.1, -0.05) is 67.0 Å². The predicted molar refractivity (Wildman–Crippen MR) is 166 cm³/mol. The molecule has 5 N–H and O–H groups in total. The lowest BCUT2D eigenvalue weighted by molar-refractivity contribution is -0.131. The van der Waals surface area contributed by atoms with Crippen LogP contribution in [0.4, 0.5) is 5.69 Å². The number of amides is 4. The number of nitrogens with zero attached hydrogens (tertiary/aromatic N) is 2. The van der Waals surface area contributed by atoms with Gasteiger partial charge in [0.25, 0.3) is 11.8 Å². The van der Waals surface area contributed by atoms with Gasteiger partial charge in [0.2, 0.25) is 11.8 Å². The number of aliphatic hydroxyl groups is 1. The van der Waals surface area contributed by atoms with E-state index in [1.807, 2.05) is 51.1 Å². The van der Waals surface area contributed by atoms with Gasteiger partial charge in [-0.2, -0.15) is 5.26 Å². The van der Waals surface area contributed by atoms with Gasteiger partial charge in [-0.25, -0.2) is 0 Å². The molecule has 3 rings (SSSR count). The number of carbonyl (C=O) groups excluding carboxylic acids is 4. The van der Waals surface area contributed by atoms with Gasteiger partial charge >= 0.3 is 0 Å². The molecule has 3 unspecified atom stereocenters. The molecule has 3 atom stereocenters. The van der Waals surface area contributed by atoms with Crippen LogP contribution < -0.4 is 21.3 Å². The molecule has 0 saturated heterocycles. The second-order valence-corrected chi connectivity index (χ2v) is 11.1. The van der Waals surface area contributed by atoms with Crippen LogP contribution in [0.3, 0.4) is 0 Å². The van der Waals surface area contributed by atoms with E-state index >= 15 is 0 Å². The zero-order chi connectivity index (χ0) is 33.1. The van der Waals surface area contributed by atoms with Crippen molar-refractivity contribution in [3.05, 3.63) is 94.4 Å². The molecule has 12 nitrogen and oxygen atoms in total. The van der Waals surface area contributed by atoms with Crippen molar-refractivity contribution in [1.29, 1.82) is 5.26 Å². The standard InChI is InChI=1S/C33H38N6O6/c1-19(2)14-25(17-34)30(41)36-26-12-10-23(11-13-26)16-27(31(42)35-18-24-8-6-20(3)7-9-24)37-33(44)29(22(5)40)38-32(43)28-15-21(4)45-39-28/h6-15,19,22,27,29,40H,16,18H2,1-5H3,(H,35,42)(H,36,41)(H,37,44)(H,38,43). The Morgan fingerprint density at radius 2 is 1.60 bits per heavy atom. The topological polar surface area (TPSA) is 186 Å². The fraction of sp³-hybridized carbons (Fsp3) is 0.333. The van der Waals surface area contributed by atoms with Crippen LogP contribution in [0.15, 0.2) is 70.8 Å². The monoisotopic (exact) mass is 614 g/mol. The highest BCUT2D eigenvalue weighted by atomic mass is 16.5. The number of carbonyl (C=O) groups is 4. The zero-order valence-corrected chi connectivity index (χ0v) is 25.9. The van der Waals surface area contributed by atoms with Crippen LogP contribution in [0.25, 0.3) is 0 Å². The summed E-state index contributed by atoms with van der Waals surface area (Å²) in [6.07, 6.45) is 0.324. The van der Waals surface area contributed by atoms with Gasteiger partial charge in [0.1, 0.15) is 29.5 Å². The molecule has 3 aromatic rings. The van der Waals surface area contributed by atoms with Gasteiger partial charge in [-0.3, -0.25) is 19.2 Å². The van der Waals surface area contributed by atoms with Crippen LogP contribution in [-0.4, -0.2) is 52.1 Å². The lowest BCUT2D eigenvalue weighted by atomic mass is 10.0. The first kappa shape index (κ1) is 34.2. The Morgan fingerprint density at radius 3 is 2.16 bits per heavy atom. The molecule has 0 saturated carbocycles. The third kappa shape index (κ3) is 10.4. The third-order valence-electron chi connectivity index (χ3n) is 6.65. The first-order valence-corrected chi connectivity index (χ1v) is 14.4. The van der Waals surface area contributed by atoms with Gasteiger partial charge in [0.05, 0.1) is 6.10 Å². The Hall–Kier alpha value is -5.28. The maximum absolute atomic E-state index is 13.4. The molecule has 45 heavy (non-hydrogen) atoms. The highest BCUT2D eigenvalue weighted by Crippen LogP contribution is 2.14. The average Bonchev–Trinajstić information content (AvgIpc) is 3.44. The summed E-state index contributed by atoms with van der Waals surface area (Å²) in [6.45, 7) is 8.84. The van der Waals surface area contributed by atoms with Crippen molar-refractivity contribution >= 4 is 29.3 Å². The Labute approximate surface area is 261 Å². The summed E-state index contributed by atoms with van der Waals surface area (Å²) in [7, 11) is 0. The number of hydrogen-bond acceptors (Lipinski definition) is 8. The Bertz CT molecular complexity index is 1570. The lowest BCUT2D eigenvalue weighted by Gasteiger charge is -2.24. The summed E-state index contributed by atoms with van der Waals surface area (Å²) in [6, 6.07) is 15.0. The highest BCUT2D eigenvalue weighted by Gasteiger charge is 2.31. The number of aryl methyl sites for hydroxylation is 2. The van der Waals surface area contributed by atoms with Crippen LogP contribution in [0.2, 0.25) is 0 Å². The molecule has 0 aliphatic rings. The van der Waals surface area contributed by atoms with Gasteiger partial charge in [0, 0.05) is 24.7 Å². The van der Waals surface area contributed by atoms with Gasteiger partial charge < -0.3 is 30.9 Å². The summed E-state index contributed by atoms with van der Waals surface area (Å²) in [5, 5.41) is 33.9. The first-order valence-electron chi connectivity index (χ1n) is 14.4. The fourth-order valence-electron chi connectivity index (χ4n) is 4.24. The molecule has 0 aliphatic carbocycles. The van der Waals surface area contributed by atoms with E-state index in [2.05, 4.69) is 26.4 Å². The van der Waals surface area contributed by atoms with Gasteiger partial charge in [-0.15, -0.1) is 0 Å². The minimum absolute atomic E-state index is 0.000503. The normalized spacial score (nSPS) is 13.2. The summed E-state index contributed by atoms with van der Waals surface area (Å²) in [5.74, 6) is -2.11. The van der Waals surface area contributed by atoms with Crippen molar-refractivity contribution in [2.75, 3.05) is 5.32 Å². The quantitative estimate of drug-likeness (QED) is 0.144. The van der Waals surface area contributed by atoms with Crippen molar-refractivity contribution < 1.29 is 28.8 Å². The smallest absolute Gasteiger partial charge is 0.274 e. The van der Waals surface area contributed by atoms with E-state index in [-0.39, 0.29) is 30.2 Å². The number of hydrogen-bond donors (Lipinski definition) is 5. The predicted octanol–water partition coefficient (Wildman–Crippen LogP) is 2.86. The number of aliphatic hydroxyl groups excluding tert-OH is 1. The molecule has 1 aromatic heterocycles. The number of anilines is 1. The zero-order valence-electron chi connectivity index (χ0n) is 25.9. The minimum atomic E-state index is -1.40. The summed E-state index contributed by atoms with van der Waals surface area (Å²) < 4.78 is 4.92. The molecule has 12 heteroatoms. The lowest BCUT2D eigenvalue weighted by Crippen LogP contribution is -2.57. The number of rotatable bonds is 13. The number of allylic oxidation sites excluding steroid dienone is 1. The van der Waals surface area contributed by atoms with Gasteiger partial charge in [0.15, 0.2) is 5.69 Å². The maximum atomic E-state index is 13.4. The summed E-state index contributed by atoms with van der Waals surface area (Å²) in [4.78, 5) is 51.8. The number of benzene rings is 2. The number of nitrogens with one attached hydrogen (secondary N) is 4. The van der Waals surface area contributed by atoms with Crippen molar-refractivity contribution in [2.45, 2.75) is 65.8 Å². The summed E-state index contributed by atoms with van der Waals surface area (Å²) in [5.41, 5.74) is 2.96. The average molecular weight is 615 g/mol. The summed E-state index contributed by atoms with van der Waals surface area (Å²) >= 11 is 0. The Morgan fingerprint density at radius 1 is 0.956 bits per heavy atom. The molecule has 2 aromatic carbocycles. The third-order valence-corrected chi connectivity index (χ3v) is 6.65. The first-order chi connectivity index (χ1) is 21.4. The molecular formula is C33H38N6O6. The minimum Gasteiger partial charge on any atom is -0.391 e. The fourth-order valence-corrected chi connectivity index (χ4v) is 4.24. The molecule has 0 spiro atoms. The van der Waals surface area contributed by atoms with E-state index in [9.17, 15) is 29.5 Å². The molecule has 4 amide bonds. The van der Waals surface area contributed by atoms with E-state index in [4.69, 9.17) is 4.52 Å². The Balaban J connectivity index is 1.77. The van der Waals surface area contributed by atoms with Crippen LogP contribution in [0, 0.1) is 31.1 Å². The number of aromatic nitrogens is 1. The second-order valence-electron chi connectivity index (χ2n) is 11.1. The molecular weight excluding hydrogens is 576 g/mol. The molecule has 1 heterocycles. The SMILES string of the molecule is Cc1ccc(CNC(=O)C(Cc2ccc(NC(=O)C(C#N)=CC(C)C)cc2)NC(=O)C(NC(=O)c2cc(C)on2)C(C)O)cc1. The van der Waals surface area contributed by atoms with Crippen LogP contribution >= 0.6 is 0 Å².